The number of hydrogen-bond acceptors (Lipinski definition) is 5. The molecular formula is C24H25N3O3S. The molecule has 0 aliphatic heterocycles. The van der Waals surface area contributed by atoms with Crippen LogP contribution in [0.15, 0.2) is 54.0 Å². The molecule has 0 bridgehead atoms. The van der Waals surface area contributed by atoms with Gasteiger partial charge in [0.25, 0.3) is 0 Å². The molecule has 4 aromatic rings. The van der Waals surface area contributed by atoms with Gasteiger partial charge in [-0.3, -0.25) is 9.20 Å². The number of hydrogen-bond donors (Lipinski definition) is 1. The minimum absolute atomic E-state index is 0.00855. The molecule has 0 aliphatic carbocycles. The highest BCUT2D eigenvalue weighted by atomic mass is 32.1. The van der Waals surface area contributed by atoms with E-state index in [4.69, 9.17) is 14.5 Å². The van der Waals surface area contributed by atoms with Crippen molar-refractivity contribution in [3.05, 3.63) is 70.9 Å². The predicted octanol–water partition coefficient (Wildman–Crippen LogP) is 4.29. The predicted molar refractivity (Wildman–Crippen MR) is 123 cm³/mol. The monoisotopic (exact) mass is 435 g/mol. The van der Waals surface area contributed by atoms with Gasteiger partial charge in [0.1, 0.15) is 0 Å². The zero-order valence-electron chi connectivity index (χ0n) is 17.8. The summed E-state index contributed by atoms with van der Waals surface area (Å²) in [7, 11) is 3.23. The molecule has 31 heavy (non-hydrogen) atoms. The third-order valence-corrected chi connectivity index (χ3v) is 6.04. The summed E-state index contributed by atoms with van der Waals surface area (Å²) >= 11 is 1.55. The van der Waals surface area contributed by atoms with Crippen LogP contribution < -0.4 is 14.8 Å². The van der Waals surface area contributed by atoms with E-state index >= 15 is 0 Å². The van der Waals surface area contributed by atoms with Gasteiger partial charge in [0.2, 0.25) is 5.91 Å². The maximum absolute atomic E-state index is 12.5. The van der Waals surface area contributed by atoms with Crippen molar-refractivity contribution in [2.75, 3.05) is 20.8 Å². The fraction of sp³-hybridized carbons (Fsp3) is 0.250. The summed E-state index contributed by atoms with van der Waals surface area (Å²) in [4.78, 5) is 18.1. The molecule has 4 rings (SSSR count). The van der Waals surface area contributed by atoms with E-state index in [1.54, 1.807) is 25.6 Å². The number of rotatable bonds is 8. The number of amides is 1. The Labute approximate surface area is 185 Å². The Morgan fingerprint density at radius 2 is 1.87 bits per heavy atom. The first-order valence-electron chi connectivity index (χ1n) is 10.1. The Hall–Kier alpha value is -3.32. The molecular weight excluding hydrogens is 410 g/mol. The first kappa shape index (κ1) is 20.9. The summed E-state index contributed by atoms with van der Waals surface area (Å²) in [5, 5.41) is 5.00. The second kappa shape index (κ2) is 9.22. The summed E-state index contributed by atoms with van der Waals surface area (Å²) in [6.07, 6.45) is 3.03. The molecule has 6 nitrogen and oxygen atoms in total. The summed E-state index contributed by atoms with van der Waals surface area (Å²) < 4.78 is 12.6. The standard InChI is InChI=1S/C24H25N3O3S/c1-16-4-7-18(8-5-16)20-14-27-19(15-31-24(27)26-20)13-23(28)25-11-10-17-6-9-21(29-2)22(12-17)30-3/h4-9,12,14-15H,10-11,13H2,1-3H3,(H,25,28). The number of fused-ring (bicyclic) bond motifs is 1. The topological polar surface area (TPSA) is 64.9 Å². The molecule has 0 unspecified atom stereocenters. The van der Waals surface area contributed by atoms with Crippen LogP contribution in [0, 0.1) is 6.92 Å². The van der Waals surface area contributed by atoms with Crippen LogP contribution in [0.5, 0.6) is 11.5 Å². The number of carbonyl (C=O) groups is 1. The molecule has 0 saturated heterocycles. The van der Waals surface area contributed by atoms with Crippen molar-refractivity contribution in [2.45, 2.75) is 19.8 Å². The van der Waals surface area contributed by atoms with Crippen LogP contribution in [0.1, 0.15) is 16.8 Å². The van der Waals surface area contributed by atoms with Crippen molar-refractivity contribution in [3.63, 3.8) is 0 Å². The molecule has 0 radical (unpaired) electrons. The van der Waals surface area contributed by atoms with E-state index in [-0.39, 0.29) is 5.91 Å². The highest BCUT2D eigenvalue weighted by Crippen LogP contribution is 2.27. The van der Waals surface area contributed by atoms with Crippen LogP contribution in [0.3, 0.4) is 0 Å². The molecule has 0 spiro atoms. The van der Waals surface area contributed by atoms with Crippen LogP contribution >= 0.6 is 11.3 Å². The SMILES string of the molecule is COc1ccc(CCNC(=O)Cc2csc3nc(-c4ccc(C)cc4)cn23)cc1OC. The highest BCUT2D eigenvalue weighted by Gasteiger charge is 2.13. The van der Waals surface area contributed by atoms with Crippen molar-refractivity contribution in [1.82, 2.24) is 14.7 Å². The number of nitrogens with one attached hydrogen (secondary N) is 1. The van der Waals surface area contributed by atoms with E-state index in [0.717, 1.165) is 27.5 Å². The van der Waals surface area contributed by atoms with Gasteiger partial charge in [-0.1, -0.05) is 35.9 Å². The Kier molecular flexibility index (Phi) is 6.23. The van der Waals surface area contributed by atoms with Crippen LogP contribution in [-0.2, 0) is 17.6 Å². The van der Waals surface area contributed by atoms with Gasteiger partial charge in [0.15, 0.2) is 16.5 Å². The van der Waals surface area contributed by atoms with Gasteiger partial charge in [-0.25, -0.2) is 4.98 Å². The smallest absolute Gasteiger partial charge is 0.225 e. The molecule has 2 aromatic heterocycles. The van der Waals surface area contributed by atoms with Crippen molar-refractivity contribution in [3.8, 4) is 22.8 Å². The lowest BCUT2D eigenvalue weighted by Gasteiger charge is -2.10. The summed E-state index contributed by atoms with van der Waals surface area (Å²) in [6, 6.07) is 14.1. The molecule has 0 atom stereocenters. The Morgan fingerprint density at radius 1 is 1.10 bits per heavy atom. The lowest BCUT2D eigenvalue weighted by molar-refractivity contribution is -0.120. The van der Waals surface area contributed by atoms with E-state index < -0.39 is 0 Å². The third kappa shape index (κ3) is 4.72. The average molecular weight is 436 g/mol. The number of ether oxygens (including phenoxy) is 2. The molecule has 2 aromatic carbocycles. The van der Waals surface area contributed by atoms with E-state index in [1.165, 1.54) is 5.56 Å². The normalized spacial score (nSPS) is 10.9. The average Bonchev–Trinajstić information content (AvgIpc) is 3.36. The first-order valence-corrected chi connectivity index (χ1v) is 11.0. The second-order valence-corrected chi connectivity index (χ2v) is 8.17. The van der Waals surface area contributed by atoms with E-state index in [9.17, 15) is 4.79 Å². The van der Waals surface area contributed by atoms with Gasteiger partial charge in [0.05, 0.1) is 26.3 Å². The van der Waals surface area contributed by atoms with E-state index in [0.29, 0.717) is 30.9 Å². The maximum Gasteiger partial charge on any atom is 0.225 e. The zero-order valence-corrected chi connectivity index (χ0v) is 18.7. The number of nitrogens with zero attached hydrogens (tertiary/aromatic N) is 2. The van der Waals surface area contributed by atoms with Crippen molar-refractivity contribution in [1.29, 1.82) is 0 Å². The number of benzene rings is 2. The molecule has 7 heteroatoms. The van der Waals surface area contributed by atoms with Gasteiger partial charge in [-0.15, -0.1) is 11.3 Å². The van der Waals surface area contributed by atoms with Crippen LogP contribution in [0.2, 0.25) is 0 Å². The number of methoxy groups -OCH3 is 2. The molecule has 0 saturated carbocycles. The number of imidazole rings is 1. The van der Waals surface area contributed by atoms with Crippen molar-refractivity contribution >= 4 is 22.2 Å². The maximum atomic E-state index is 12.5. The molecule has 0 aliphatic rings. The third-order valence-electron chi connectivity index (χ3n) is 5.16. The van der Waals surface area contributed by atoms with Gasteiger partial charge in [0, 0.05) is 29.4 Å². The summed E-state index contributed by atoms with van der Waals surface area (Å²) in [5.41, 5.74) is 5.23. The fourth-order valence-corrected chi connectivity index (χ4v) is 4.30. The Balaban J connectivity index is 1.37. The minimum atomic E-state index is -0.00855. The van der Waals surface area contributed by atoms with Gasteiger partial charge in [-0.05, 0) is 31.0 Å². The lowest BCUT2D eigenvalue weighted by Crippen LogP contribution is -2.27. The molecule has 2 heterocycles. The molecule has 160 valence electrons. The summed E-state index contributed by atoms with van der Waals surface area (Å²) in [6.45, 7) is 2.62. The zero-order chi connectivity index (χ0) is 21.8. The van der Waals surface area contributed by atoms with Crippen LogP contribution in [0.25, 0.3) is 16.2 Å². The first-order chi connectivity index (χ1) is 15.1. The van der Waals surface area contributed by atoms with E-state index in [2.05, 4.69) is 36.5 Å². The largest absolute Gasteiger partial charge is 0.493 e. The number of carbonyl (C=O) groups excluding carboxylic acids is 1. The summed E-state index contributed by atoms with van der Waals surface area (Å²) in [5.74, 6) is 1.38. The van der Waals surface area contributed by atoms with Crippen molar-refractivity contribution in [2.24, 2.45) is 0 Å². The second-order valence-electron chi connectivity index (χ2n) is 7.34. The van der Waals surface area contributed by atoms with E-state index in [1.807, 2.05) is 34.2 Å². The van der Waals surface area contributed by atoms with Crippen molar-refractivity contribution < 1.29 is 14.3 Å². The number of aryl methyl sites for hydroxylation is 1. The molecule has 1 amide bonds. The molecule has 0 fully saturated rings. The Bertz CT molecular complexity index is 1190. The van der Waals surface area contributed by atoms with Crippen LogP contribution in [-0.4, -0.2) is 36.1 Å². The Morgan fingerprint density at radius 3 is 2.61 bits per heavy atom. The number of aromatic nitrogens is 2. The lowest BCUT2D eigenvalue weighted by atomic mass is 10.1. The van der Waals surface area contributed by atoms with Crippen LogP contribution in [0.4, 0.5) is 0 Å². The minimum Gasteiger partial charge on any atom is -0.493 e. The fourth-order valence-electron chi connectivity index (χ4n) is 3.43. The van der Waals surface area contributed by atoms with Gasteiger partial charge < -0.3 is 14.8 Å². The molecule has 1 N–H and O–H groups in total. The quantitative estimate of drug-likeness (QED) is 0.448. The number of thiazole rings is 1. The van der Waals surface area contributed by atoms with Gasteiger partial charge >= 0.3 is 0 Å². The highest BCUT2D eigenvalue weighted by molar-refractivity contribution is 7.15. The van der Waals surface area contributed by atoms with Gasteiger partial charge in [-0.2, -0.15) is 0 Å².